The zero-order chi connectivity index (χ0) is 16.2. The molecule has 3 aromatic heterocycles. The Morgan fingerprint density at radius 3 is 2.57 bits per heavy atom. The molecule has 5 nitrogen and oxygen atoms in total. The van der Waals surface area contributed by atoms with E-state index in [1.54, 1.807) is 16.9 Å². The second-order valence-electron chi connectivity index (χ2n) is 5.21. The lowest BCUT2D eigenvalue weighted by Gasteiger charge is -2.07. The lowest BCUT2D eigenvalue weighted by molar-refractivity contribution is -0.145. The summed E-state index contributed by atoms with van der Waals surface area (Å²) in [6, 6.07) is 8.87. The Balaban J connectivity index is 1.90. The van der Waals surface area contributed by atoms with Crippen molar-refractivity contribution in [1.82, 2.24) is 24.4 Å². The van der Waals surface area contributed by atoms with Crippen LogP contribution in [-0.2, 0) is 13.2 Å². The number of pyridine rings is 1. The summed E-state index contributed by atoms with van der Waals surface area (Å²) in [5.41, 5.74) is 2.56. The predicted octanol–water partition coefficient (Wildman–Crippen LogP) is 3.30. The van der Waals surface area contributed by atoms with Crippen LogP contribution < -0.4 is 0 Å². The molecule has 0 aliphatic rings. The van der Waals surface area contributed by atoms with Crippen LogP contribution in [0.25, 0.3) is 27.7 Å². The minimum absolute atomic E-state index is 0.156. The molecule has 0 bridgehead atoms. The molecule has 0 saturated heterocycles. The molecule has 0 aliphatic heterocycles. The Hall–Kier alpha value is -2.90. The fourth-order valence-corrected chi connectivity index (χ4v) is 2.60. The first-order valence-electron chi connectivity index (χ1n) is 6.77. The van der Waals surface area contributed by atoms with Crippen LogP contribution in [0.3, 0.4) is 0 Å². The maximum atomic E-state index is 13.0. The average molecular weight is 317 g/mol. The first-order valence-corrected chi connectivity index (χ1v) is 6.77. The third-order valence-electron chi connectivity index (χ3n) is 3.74. The Kier molecular flexibility index (Phi) is 2.72. The monoisotopic (exact) mass is 317 g/mol. The highest BCUT2D eigenvalue weighted by molar-refractivity contribution is 5.84. The van der Waals surface area contributed by atoms with Crippen LogP contribution in [0, 0.1) is 0 Å². The van der Waals surface area contributed by atoms with E-state index >= 15 is 0 Å². The fourth-order valence-electron chi connectivity index (χ4n) is 2.60. The van der Waals surface area contributed by atoms with E-state index < -0.39 is 12.0 Å². The summed E-state index contributed by atoms with van der Waals surface area (Å²) in [4.78, 5) is 0. The van der Waals surface area contributed by atoms with Gasteiger partial charge in [-0.25, -0.2) is 0 Å². The van der Waals surface area contributed by atoms with Gasteiger partial charge in [-0.2, -0.15) is 18.3 Å². The largest absolute Gasteiger partial charge is 0.452 e. The minimum Gasteiger partial charge on any atom is -0.278 e. The number of halogens is 3. The van der Waals surface area contributed by atoms with E-state index in [1.165, 1.54) is 12.3 Å². The number of hydrogen-bond acceptors (Lipinski definition) is 3. The van der Waals surface area contributed by atoms with Gasteiger partial charge in [0.2, 0.25) is 5.82 Å². The molecule has 4 rings (SSSR count). The molecule has 3 heterocycles. The molecule has 0 radical (unpaired) electrons. The quantitative estimate of drug-likeness (QED) is 0.541. The predicted molar refractivity (Wildman–Crippen MR) is 77.7 cm³/mol. The molecule has 0 atom stereocenters. The Morgan fingerprint density at radius 2 is 1.78 bits per heavy atom. The zero-order valence-electron chi connectivity index (χ0n) is 11.9. The van der Waals surface area contributed by atoms with E-state index in [2.05, 4.69) is 15.3 Å². The molecule has 116 valence electrons. The Labute approximate surface area is 128 Å². The van der Waals surface area contributed by atoms with Crippen molar-refractivity contribution in [3.8, 4) is 11.1 Å². The molecule has 0 spiro atoms. The Bertz CT molecular complexity index is 1030. The number of alkyl halides is 3. The first-order chi connectivity index (χ1) is 10.9. The molecule has 4 aromatic rings. The highest BCUT2D eigenvalue weighted by Gasteiger charge is 2.36. The number of hydrogen-bond donors (Lipinski definition) is 0. The molecule has 0 aliphatic carbocycles. The molecule has 0 amide bonds. The zero-order valence-corrected chi connectivity index (χ0v) is 11.9. The van der Waals surface area contributed by atoms with Gasteiger partial charge in [0.25, 0.3) is 0 Å². The third-order valence-corrected chi connectivity index (χ3v) is 3.74. The summed E-state index contributed by atoms with van der Waals surface area (Å²) in [6.07, 6.45) is -1.43. The van der Waals surface area contributed by atoms with Crippen LogP contribution in [0.5, 0.6) is 0 Å². The fraction of sp³-hybridized carbons (Fsp3) is 0.133. The maximum absolute atomic E-state index is 13.0. The van der Waals surface area contributed by atoms with Crippen LogP contribution in [-0.4, -0.2) is 24.4 Å². The van der Waals surface area contributed by atoms with Crippen LogP contribution in [0.4, 0.5) is 13.2 Å². The summed E-state index contributed by atoms with van der Waals surface area (Å²) >= 11 is 0. The number of aromatic nitrogens is 5. The summed E-state index contributed by atoms with van der Waals surface area (Å²) in [7, 11) is 1.83. The molecule has 0 saturated carbocycles. The molecule has 0 N–H and O–H groups in total. The molecule has 23 heavy (non-hydrogen) atoms. The molecule has 1 aromatic carbocycles. The topological polar surface area (TPSA) is 48.0 Å². The van der Waals surface area contributed by atoms with Crippen LogP contribution in [0.1, 0.15) is 5.82 Å². The SMILES string of the molecule is Cn1ncc2cc(-c3ccc4nnc(C(F)(F)F)n4c3)ccc21. The Morgan fingerprint density at radius 1 is 1.00 bits per heavy atom. The van der Waals surface area contributed by atoms with Crippen molar-refractivity contribution < 1.29 is 13.2 Å². The second-order valence-corrected chi connectivity index (χ2v) is 5.21. The van der Waals surface area contributed by atoms with Crippen molar-refractivity contribution in [3.05, 3.63) is 48.5 Å². The summed E-state index contributed by atoms with van der Waals surface area (Å²) in [5, 5.41) is 11.9. The van der Waals surface area contributed by atoms with Gasteiger partial charge in [0.1, 0.15) is 0 Å². The molecule has 0 fully saturated rings. The highest BCUT2D eigenvalue weighted by Crippen LogP contribution is 2.30. The number of fused-ring (bicyclic) bond motifs is 2. The van der Waals surface area contributed by atoms with E-state index in [4.69, 9.17) is 0 Å². The highest BCUT2D eigenvalue weighted by atomic mass is 19.4. The number of aryl methyl sites for hydroxylation is 1. The van der Waals surface area contributed by atoms with Crippen molar-refractivity contribution in [2.75, 3.05) is 0 Å². The number of nitrogens with zero attached hydrogens (tertiary/aromatic N) is 5. The van der Waals surface area contributed by atoms with E-state index in [9.17, 15) is 13.2 Å². The smallest absolute Gasteiger partial charge is 0.278 e. The lowest BCUT2D eigenvalue weighted by Crippen LogP contribution is -2.10. The van der Waals surface area contributed by atoms with Gasteiger partial charge < -0.3 is 0 Å². The van der Waals surface area contributed by atoms with Crippen molar-refractivity contribution in [2.24, 2.45) is 7.05 Å². The lowest BCUT2D eigenvalue weighted by atomic mass is 10.1. The van der Waals surface area contributed by atoms with Gasteiger partial charge in [-0.1, -0.05) is 6.07 Å². The van der Waals surface area contributed by atoms with Gasteiger partial charge in [0.05, 0.1) is 11.7 Å². The van der Waals surface area contributed by atoms with Gasteiger partial charge in [-0.3, -0.25) is 9.08 Å². The van der Waals surface area contributed by atoms with Crippen LogP contribution >= 0.6 is 0 Å². The molecular formula is C15H10F3N5. The number of benzene rings is 1. The van der Waals surface area contributed by atoms with Crippen LogP contribution in [0.2, 0.25) is 0 Å². The minimum atomic E-state index is -4.55. The first kappa shape index (κ1) is 13.7. The second kappa shape index (κ2) is 4.55. The van der Waals surface area contributed by atoms with Crippen molar-refractivity contribution in [1.29, 1.82) is 0 Å². The number of rotatable bonds is 1. The van der Waals surface area contributed by atoms with E-state index in [-0.39, 0.29) is 5.65 Å². The average Bonchev–Trinajstić information content (AvgIpc) is 3.10. The third kappa shape index (κ3) is 2.14. The van der Waals surface area contributed by atoms with Crippen molar-refractivity contribution >= 4 is 16.6 Å². The van der Waals surface area contributed by atoms with Crippen LogP contribution in [0.15, 0.2) is 42.7 Å². The summed E-state index contributed by atoms with van der Waals surface area (Å²) in [6.45, 7) is 0. The van der Waals surface area contributed by atoms with E-state index in [1.807, 2.05) is 25.2 Å². The normalized spacial score (nSPS) is 12.3. The summed E-state index contributed by atoms with van der Waals surface area (Å²) in [5.74, 6) is -1.03. The maximum Gasteiger partial charge on any atom is 0.452 e. The van der Waals surface area contributed by atoms with Gasteiger partial charge in [-0.15, -0.1) is 10.2 Å². The standard InChI is InChI=1S/C15H10F3N5/c1-22-12-4-2-9(6-11(12)7-19-22)10-3-5-13-20-21-14(15(16,17)18)23(13)8-10/h2-8H,1H3. The summed E-state index contributed by atoms with van der Waals surface area (Å²) < 4.78 is 41.6. The van der Waals surface area contributed by atoms with E-state index in [0.717, 1.165) is 20.9 Å². The van der Waals surface area contributed by atoms with Gasteiger partial charge >= 0.3 is 6.18 Å². The van der Waals surface area contributed by atoms with Gasteiger partial charge in [0, 0.05) is 18.6 Å². The van der Waals surface area contributed by atoms with Crippen molar-refractivity contribution in [3.63, 3.8) is 0 Å². The molecule has 8 heteroatoms. The van der Waals surface area contributed by atoms with Gasteiger partial charge in [-0.05, 0) is 35.4 Å². The molecule has 0 unspecified atom stereocenters. The van der Waals surface area contributed by atoms with Gasteiger partial charge in [0.15, 0.2) is 5.65 Å². The van der Waals surface area contributed by atoms with E-state index in [0.29, 0.717) is 5.56 Å². The van der Waals surface area contributed by atoms with Crippen molar-refractivity contribution in [2.45, 2.75) is 6.18 Å². The molecular weight excluding hydrogens is 307 g/mol.